The molecule has 15 heavy (non-hydrogen) atoms. The maximum atomic E-state index is 13.1. The van der Waals surface area contributed by atoms with Crippen LogP contribution in [0.5, 0.6) is 0 Å². The second-order valence-corrected chi connectivity index (χ2v) is 3.23. The highest BCUT2D eigenvalue weighted by Gasteiger charge is 2.15. The molecule has 0 aliphatic rings. The summed E-state index contributed by atoms with van der Waals surface area (Å²) in [6.07, 6.45) is 1.25. The SMILES string of the molecule is Nc1oncc1-c1cc(F)cc(F)c1Cl. The van der Waals surface area contributed by atoms with Crippen molar-refractivity contribution in [2.24, 2.45) is 0 Å². The van der Waals surface area contributed by atoms with Crippen molar-refractivity contribution in [3.63, 3.8) is 0 Å². The summed E-state index contributed by atoms with van der Waals surface area (Å²) in [5.74, 6) is -1.64. The summed E-state index contributed by atoms with van der Waals surface area (Å²) in [7, 11) is 0. The molecule has 1 heterocycles. The third kappa shape index (κ3) is 1.66. The summed E-state index contributed by atoms with van der Waals surface area (Å²) in [6.45, 7) is 0. The Hall–Kier alpha value is -1.62. The number of hydrogen-bond donors (Lipinski definition) is 1. The molecule has 0 saturated heterocycles. The van der Waals surface area contributed by atoms with Gasteiger partial charge in [-0.3, -0.25) is 0 Å². The Bertz CT molecular complexity index is 513. The Kier molecular flexibility index (Phi) is 2.32. The molecule has 0 bridgehead atoms. The Morgan fingerprint density at radius 1 is 1.27 bits per heavy atom. The summed E-state index contributed by atoms with van der Waals surface area (Å²) < 4.78 is 30.6. The van der Waals surface area contributed by atoms with Crippen LogP contribution in [0, 0.1) is 11.6 Å². The van der Waals surface area contributed by atoms with Crippen LogP contribution in [0.4, 0.5) is 14.7 Å². The van der Waals surface area contributed by atoms with Crippen molar-refractivity contribution in [1.29, 1.82) is 0 Å². The molecule has 0 radical (unpaired) electrons. The molecule has 2 aromatic rings. The number of nitrogens with zero attached hydrogens (tertiary/aromatic N) is 1. The number of nitrogens with two attached hydrogens (primary N) is 1. The van der Waals surface area contributed by atoms with Crippen LogP contribution in [-0.4, -0.2) is 5.16 Å². The number of benzene rings is 1. The lowest BCUT2D eigenvalue weighted by molar-refractivity contribution is 0.436. The van der Waals surface area contributed by atoms with Crippen molar-refractivity contribution in [3.8, 4) is 11.1 Å². The highest BCUT2D eigenvalue weighted by molar-refractivity contribution is 6.33. The molecule has 1 aromatic heterocycles. The van der Waals surface area contributed by atoms with Gasteiger partial charge in [0.25, 0.3) is 0 Å². The molecule has 0 amide bonds. The van der Waals surface area contributed by atoms with E-state index >= 15 is 0 Å². The van der Waals surface area contributed by atoms with Crippen LogP contribution in [0.15, 0.2) is 22.9 Å². The van der Waals surface area contributed by atoms with Crippen LogP contribution < -0.4 is 5.73 Å². The lowest BCUT2D eigenvalue weighted by Gasteiger charge is -2.03. The number of rotatable bonds is 1. The van der Waals surface area contributed by atoms with Crippen LogP contribution in [0.2, 0.25) is 5.02 Å². The van der Waals surface area contributed by atoms with Gasteiger partial charge in [-0.1, -0.05) is 16.8 Å². The summed E-state index contributed by atoms with van der Waals surface area (Å²) in [4.78, 5) is 0. The number of hydrogen-bond acceptors (Lipinski definition) is 3. The smallest absolute Gasteiger partial charge is 0.230 e. The van der Waals surface area contributed by atoms with E-state index in [-0.39, 0.29) is 22.0 Å². The van der Waals surface area contributed by atoms with Crippen molar-refractivity contribution in [1.82, 2.24) is 5.16 Å². The van der Waals surface area contributed by atoms with Gasteiger partial charge in [-0.05, 0) is 6.07 Å². The molecule has 0 spiro atoms. The zero-order valence-corrected chi connectivity index (χ0v) is 8.05. The minimum absolute atomic E-state index is 0.0399. The third-order valence-corrected chi connectivity index (χ3v) is 2.27. The van der Waals surface area contributed by atoms with Crippen LogP contribution in [-0.2, 0) is 0 Å². The molecule has 1 aromatic carbocycles. The van der Waals surface area contributed by atoms with E-state index in [0.717, 1.165) is 6.07 Å². The Morgan fingerprint density at radius 2 is 2.00 bits per heavy atom. The molecule has 0 aliphatic heterocycles. The first-order valence-electron chi connectivity index (χ1n) is 3.94. The Morgan fingerprint density at radius 3 is 2.60 bits per heavy atom. The monoisotopic (exact) mass is 230 g/mol. The predicted molar refractivity (Wildman–Crippen MR) is 51.3 cm³/mol. The van der Waals surface area contributed by atoms with Crippen molar-refractivity contribution in [2.75, 3.05) is 5.73 Å². The number of halogens is 3. The van der Waals surface area contributed by atoms with E-state index in [4.69, 9.17) is 17.3 Å². The topological polar surface area (TPSA) is 52.0 Å². The van der Waals surface area contributed by atoms with Gasteiger partial charge in [0, 0.05) is 11.6 Å². The summed E-state index contributed by atoms with van der Waals surface area (Å²) in [6, 6.07) is 1.75. The van der Waals surface area contributed by atoms with E-state index in [1.165, 1.54) is 6.20 Å². The highest BCUT2D eigenvalue weighted by atomic mass is 35.5. The van der Waals surface area contributed by atoms with E-state index < -0.39 is 11.6 Å². The number of anilines is 1. The molecule has 0 atom stereocenters. The van der Waals surface area contributed by atoms with Crippen molar-refractivity contribution >= 4 is 17.5 Å². The van der Waals surface area contributed by atoms with E-state index in [1.807, 2.05) is 0 Å². The summed E-state index contributed by atoms with van der Waals surface area (Å²) in [5.41, 5.74) is 5.79. The molecule has 78 valence electrons. The van der Waals surface area contributed by atoms with Crippen LogP contribution >= 0.6 is 11.6 Å². The summed E-state index contributed by atoms with van der Waals surface area (Å²) in [5, 5.41) is 3.18. The fourth-order valence-corrected chi connectivity index (χ4v) is 1.41. The van der Waals surface area contributed by atoms with Gasteiger partial charge in [0.2, 0.25) is 5.88 Å². The zero-order chi connectivity index (χ0) is 11.0. The van der Waals surface area contributed by atoms with Gasteiger partial charge in [0.05, 0.1) is 16.8 Å². The standard InChI is InChI=1S/C9H5ClF2N2O/c10-8-5(1-4(11)2-7(8)12)6-3-14-15-9(6)13/h1-3H,13H2. The molecule has 3 nitrogen and oxygen atoms in total. The normalized spacial score (nSPS) is 10.6. The van der Waals surface area contributed by atoms with Crippen LogP contribution in [0.25, 0.3) is 11.1 Å². The second kappa shape index (κ2) is 3.51. The van der Waals surface area contributed by atoms with E-state index in [2.05, 4.69) is 9.68 Å². The highest BCUT2D eigenvalue weighted by Crippen LogP contribution is 2.34. The Balaban J connectivity index is 2.68. The number of aromatic nitrogens is 1. The molecule has 0 aliphatic carbocycles. The average Bonchev–Trinajstić information content (AvgIpc) is 2.58. The fraction of sp³-hybridized carbons (Fsp3) is 0. The number of nitrogen functional groups attached to an aromatic ring is 1. The first kappa shape index (κ1) is 9.92. The van der Waals surface area contributed by atoms with Gasteiger partial charge in [-0.15, -0.1) is 0 Å². The predicted octanol–water partition coefficient (Wildman–Crippen LogP) is 2.86. The average molecular weight is 231 g/mol. The van der Waals surface area contributed by atoms with Gasteiger partial charge in [-0.25, -0.2) is 8.78 Å². The maximum Gasteiger partial charge on any atom is 0.230 e. The van der Waals surface area contributed by atoms with Crippen molar-refractivity contribution in [3.05, 3.63) is 35.0 Å². The minimum Gasteiger partial charge on any atom is -0.367 e. The van der Waals surface area contributed by atoms with Crippen molar-refractivity contribution < 1.29 is 13.3 Å². The maximum absolute atomic E-state index is 13.1. The molecule has 0 unspecified atom stereocenters. The molecule has 0 saturated carbocycles. The first-order chi connectivity index (χ1) is 7.09. The zero-order valence-electron chi connectivity index (χ0n) is 7.30. The molecule has 2 rings (SSSR count). The van der Waals surface area contributed by atoms with E-state index in [0.29, 0.717) is 6.07 Å². The minimum atomic E-state index is -0.854. The third-order valence-electron chi connectivity index (χ3n) is 1.88. The molecular weight excluding hydrogens is 226 g/mol. The Labute approximate surface area is 88.4 Å². The van der Waals surface area contributed by atoms with Gasteiger partial charge in [-0.2, -0.15) is 0 Å². The van der Waals surface area contributed by atoms with Crippen molar-refractivity contribution in [2.45, 2.75) is 0 Å². The van der Waals surface area contributed by atoms with Gasteiger partial charge < -0.3 is 10.3 Å². The van der Waals surface area contributed by atoms with Crippen LogP contribution in [0.3, 0.4) is 0 Å². The lowest BCUT2D eigenvalue weighted by Crippen LogP contribution is -1.89. The molecular formula is C9H5ClF2N2O. The largest absolute Gasteiger partial charge is 0.367 e. The van der Waals surface area contributed by atoms with Gasteiger partial charge in [0.15, 0.2) is 0 Å². The fourth-order valence-electron chi connectivity index (χ4n) is 1.20. The lowest BCUT2D eigenvalue weighted by atomic mass is 10.1. The second-order valence-electron chi connectivity index (χ2n) is 2.85. The van der Waals surface area contributed by atoms with E-state index in [1.54, 1.807) is 0 Å². The summed E-state index contributed by atoms with van der Waals surface area (Å²) >= 11 is 5.66. The molecule has 0 fully saturated rings. The van der Waals surface area contributed by atoms with Crippen LogP contribution in [0.1, 0.15) is 0 Å². The van der Waals surface area contributed by atoms with Gasteiger partial charge in [0.1, 0.15) is 11.6 Å². The molecule has 6 heteroatoms. The van der Waals surface area contributed by atoms with E-state index in [9.17, 15) is 8.78 Å². The van der Waals surface area contributed by atoms with Gasteiger partial charge >= 0.3 is 0 Å². The molecule has 2 N–H and O–H groups in total. The first-order valence-corrected chi connectivity index (χ1v) is 4.32. The quantitative estimate of drug-likeness (QED) is 0.767.